The molecule has 3 aliphatic rings. The van der Waals surface area contributed by atoms with Gasteiger partial charge in [-0.3, -0.25) is 14.7 Å². The number of hydrogen-bond donors (Lipinski definition) is 1. The highest BCUT2D eigenvalue weighted by molar-refractivity contribution is 5.99. The number of benzene rings is 2. The number of pyridine rings is 2. The summed E-state index contributed by atoms with van der Waals surface area (Å²) in [5, 5.41) is 4.31. The summed E-state index contributed by atoms with van der Waals surface area (Å²) >= 11 is 0. The average molecular weight is 636 g/mol. The molecule has 0 aliphatic carbocycles. The third kappa shape index (κ3) is 5.42. The maximum Gasteiger partial charge on any atom is 0.319 e. The highest BCUT2D eigenvalue weighted by atomic mass is 19.1. The van der Waals surface area contributed by atoms with Crippen molar-refractivity contribution in [1.82, 2.24) is 24.8 Å². The van der Waals surface area contributed by atoms with Gasteiger partial charge in [-0.2, -0.15) is 9.97 Å². The van der Waals surface area contributed by atoms with Gasteiger partial charge in [0.1, 0.15) is 35.3 Å². The number of rotatable bonds is 7. The number of hydrogen-bond acceptors (Lipinski definition) is 8. The molecule has 0 unspecified atom stereocenters. The molecule has 3 saturated heterocycles. The third-order valence-electron chi connectivity index (χ3n) is 10.1. The second-order valence-corrected chi connectivity index (χ2v) is 12.8. The first-order valence-corrected chi connectivity index (χ1v) is 16.4. The van der Waals surface area contributed by atoms with Gasteiger partial charge in [-0.15, -0.1) is 0 Å². The van der Waals surface area contributed by atoms with E-state index in [-0.39, 0.29) is 34.6 Å². The summed E-state index contributed by atoms with van der Waals surface area (Å²) < 4.78 is 38.1. The maximum atomic E-state index is 16.7. The molecular formula is C36H35F2N7O2. The van der Waals surface area contributed by atoms with Gasteiger partial charge in [0.2, 0.25) is 5.91 Å². The Morgan fingerprint density at radius 2 is 1.72 bits per heavy atom. The Bertz CT molecular complexity index is 1950. The van der Waals surface area contributed by atoms with Gasteiger partial charge in [-0.25, -0.2) is 13.8 Å². The van der Waals surface area contributed by atoms with Crippen molar-refractivity contribution < 1.29 is 18.3 Å². The predicted octanol–water partition coefficient (Wildman–Crippen LogP) is 6.38. The van der Waals surface area contributed by atoms with Crippen LogP contribution in [0.2, 0.25) is 0 Å². The molecule has 0 radical (unpaired) electrons. The molecule has 8 rings (SSSR count). The van der Waals surface area contributed by atoms with E-state index < -0.39 is 11.6 Å². The molecule has 47 heavy (non-hydrogen) atoms. The second kappa shape index (κ2) is 12.1. The van der Waals surface area contributed by atoms with Crippen LogP contribution in [0.25, 0.3) is 32.9 Å². The molecule has 6 heterocycles. The van der Waals surface area contributed by atoms with Gasteiger partial charge in [0.05, 0.1) is 10.9 Å². The zero-order valence-corrected chi connectivity index (χ0v) is 26.0. The van der Waals surface area contributed by atoms with Crippen LogP contribution in [0, 0.1) is 17.6 Å². The van der Waals surface area contributed by atoms with E-state index in [1.165, 1.54) is 6.07 Å². The molecule has 0 atom stereocenters. The van der Waals surface area contributed by atoms with Crippen LogP contribution in [0.15, 0.2) is 67.0 Å². The Morgan fingerprint density at radius 1 is 0.936 bits per heavy atom. The summed E-state index contributed by atoms with van der Waals surface area (Å²) in [6.07, 6.45) is 8.74. The van der Waals surface area contributed by atoms with Crippen LogP contribution in [-0.2, 0) is 4.79 Å². The Labute approximate surface area is 271 Å². The Morgan fingerprint density at radius 3 is 2.49 bits per heavy atom. The summed E-state index contributed by atoms with van der Waals surface area (Å²) in [6, 6.07) is 15.5. The summed E-state index contributed by atoms with van der Waals surface area (Å²) in [4.78, 5) is 35.7. The molecule has 11 heteroatoms. The fraction of sp³-hybridized carbons (Fsp3) is 0.361. The quantitative estimate of drug-likeness (QED) is 0.220. The number of amides is 1. The van der Waals surface area contributed by atoms with Crippen molar-refractivity contribution in [3.05, 3.63) is 78.6 Å². The summed E-state index contributed by atoms with van der Waals surface area (Å²) in [6.45, 7) is 3.60. The predicted molar refractivity (Wildman–Crippen MR) is 176 cm³/mol. The highest BCUT2D eigenvalue weighted by Crippen LogP contribution is 2.40. The normalized spacial score (nSPS) is 18.1. The molecule has 0 bridgehead atoms. The van der Waals surface area contributed by atoms with Gasteiger partial charge >= 0.3 is 6.01 Å². The van der Waals surface area contributed by atoms with Crippen LogP contribution < -0.4 is 15.0 Å². The Balaban J connectivity index is 1.14. The molecule has 2 aromatic carbocycles. The molecule has 1 N–H and O–H groups in total. The first kappa shape index (κ1) is 29.6. The average Bonchev–Trinajstić information content (AvgIpc) is 3.69. The summed E-state index contributed by atoms with van der Waals surface area (Å²) in [5.74, 6) is -0.333. The van der Waals surface area contributed by atoms with Crippen molar-refractivity contribution in [1.29, 1.82) is 0 Å². The van der Waals surface area contributed by atoms with Crippen molar-refractivity contribution in [2.24, 2.45) is 5.92 Å². The van der Waals surface area contributed by atoms with E-state index in [9.17, 15) is 4.79 Å². The molecule has 1 amide bonds. The fourth-order valence-electron chi connectivity index (χ4n) is 7.69. The number of piperidine rings is 1. The molecular weight excluding hydrogens is 600 g/mol. The Hall–Kier alpha value is -4.77. The monoisotopic (exact) mass is 635 g/mol. The smallest absolute Gasteiger partial charge is 0.319 e. The number of ether oxygens (including phenoxy) is 1. The van der Waals surface area contributed by atoms with Crippen molar-refractivity contribution in [3.8, 4) is 17.3 Å². The van der Waals surface area contributed by atoms with E-state index in [1.807, 2.05) is 6.07 Å². The van der Waals surface area contributed by atoms with Gasteiger partial charge < -0.3 is 15.0 Å². The van der Waals surface area contributed by atoms with Crippen molar-refractivity contribution in [2.75, 3.05) is 43.0 Å². The molecule has 0 saturated carbocycles. The van der Waals surface area contributed by atoms with E-state index in [4.69, 9.17) is 9.72 Å². The van der Waals surface area contributed by atoms with E-state index >= 15 is 8.78 Å². The van der Waals surface area contributed by atoms with Crippen LogP contribution in [0.1, 0.15) is 38.5 Å². The van der Waals surface area contributed by atoms with E-state index in [0.29, 0.717) is 65.9 Å². The number of halogens is 2. The molecule has 240 valence electrons. The van der Waals surface area contributed by atoms with Gasteiger partial charge in [0, 0.05) is 42.4 Å². The molecule has 3 fully saturated rings. The summed E-state index contributed by atoms with van der Waals surface area (Å²) in [7, 11) is 0. The van der Waals surface area contributed by atoms with Gasteiger partial charge in [-0.1, -0.05) is 36.4 Å². The number of carbonyl (C=O) groups excluding carboxylic acids is 1. The lowest BCUT2D eigenvalue weighted by Crippen LogP contribution is -2.43. The number of nitrogens with zero attached hydrogens (tertiary/aromatic N) is 6. The third-order valence-corrected chi connectivity index (χ3v) is 10.1. The van der Waals surface area contributed by atoms with Crippen molar-refractivity contribution >= 4 is 39.2 Å². The van der Waals surface area contributed by atoms with E-state index in [1.54, 1.807) is 54.9 Å². The van der Waals surface area contributed by atoms with Crippen LogP contribution in [0.4, 0.5) is 20.4 Å². The minimum Gasteiger partial charge on any atom is -0.461 e. The highest BCUT2D eigenvalue weighted by Gasteiger charge is 2.45. The minimum absolute atomic E-state index is 0.0186. The number of aromatic nitrogens is 4. The zero-order valence-electron chi connectivity index (χ0n) is 26.0. The lowest BCUT2D eigenvalue weighted by Gasteiger charge is -2.33. The topological polar surface area (TPSA) is 96.4 Å². The number of nitrogens with one attached hydrogen (secondary N) is 1. The van der Waals surface area contributed by atoms with E-state index in [0.717, 1.165) is 38.8 Å². The van der Waals surface area contributed by atoms with Gasteiger partial charge in [0.25, 0.3) is 0 Å². The lowest BCUT2D eigenvalue weighted by atomic mass is 9.95. The SMILES string of the molecule is O=C(Nc1ccccn1)C1CCN(c2nc(OCC34CCCN3CCC4)nc3c(F)c(-c4cccc5cccc(F)c45)ncc23)CC1. The zero-order chi connectivity index (χ0) is 32.0. The van der Waals surface area contributed by atoms with Gasteiger partial charge in [-0.05, 0) is 75.2 Å². The van der Waals surface area contributed by atoms with Crippen LogP contribution in [-0.4, -0.2) is 69.1 Å². The second-order valence-electron chi connectivity index (χ2n) is 12.8. The first-order valence-electron chi connectivity index (χ1n) is 16.4. The fourth-order valence-corrected chi connectivity index (χ4v) is 7.69. The van der Waals surface area contributed by atoms with Crippen LogP contribution in [0.5, 0.6) is 6.01 Å². The molecule has 5 aromatic rings. The van der Waals surface area contributed by atoms with Crippen molar-refractivity contribution in [2.45, 2.75) is 44.1 Å². The van der Waals surface area contributed by atoms with Gasteiger partial charge in [0.15, 0.2) is 5.82 Å². The summed E-state index contributed by atoms with van der Waals surface area (Å²) in [5.41, 5.74) is 0.407. The van der Waals surface area contributed by atoms with Crippen LogP contribution in [0.3, 0.4) is 0 Å². The van der Waals surface area contributed by atoms with Crippen LogP contribution >= 0.6 is 0 Å². The minimum atomic E-state index is -0.655. The number of fused-ring (bicyclic) bond motifs is 3. The molecule has 3 aliphatic heterocycles. The first-order chi connectivity index (χ1) is 23.0. The largest absolute Gasteiger partial charge is 0.461 e. The standard InChI is InChI=1S/C36H35F2N7O2/c37-27-10-4-8-23-7-3-9-25(29(23)27)31-30(38)32-26(21-40-31)33(43-35(42-32)47-22-36-14-5-17-45(36)18-6-15-36)44-19-12-24(13-20-44)34(46)41-28-11-1-2-16-39-28/h1-4,7-11,16,21,24H,5-6,12-15,17-20,22H2,(H,39,41,46). The lowest BCUT2D eigenvalue weighted by molar-refractivity contribution is -0.120. The Kier molecular flexibility index (Phi) is 7.63. The molecule has 3 aromatic heterocycles. The molecule has 0 spiro atoms. The van der Waals surface area contributed by atoms with Crippen molar-refractivity contribution in [3.63, 3.8) is 0 Å². The maximum absolute atomic E-state index is 16.7. The number of carbonyl (C=O) groups is 1. The number of anilines is 2. The van der Waals surface area contributed by atoms with E-state index in [2.05, 4.69) is 30.1 Å². The molecule has 9 nitrogen and oxygen atoms in total.